The molecular weight excluding hydrogens is 316 g/mol. The van der Waals surface area contributed by atoms with Gasteiger partial charge in [0.25, 0.3) is 0 Å². The highest BCUT2D eigenvalue weighted by Crippen LogP contribution is 2.36. The molecule has 1 N–H and O–H groups in total. The molecule has 1 atom stereocenters. The second-order valence-corrected chi connectivity index (χ2v) is 7.55. The smallest absolute Gasteiger partial charge is 0.321 e. The van der Waals surface area contributed by atoms with Gasteiger partial charge in [0.2, 0.25) is 0 Å². The first kappa shape index (κ1) is 16.9. The molecule has 1 unspecified atom stereocenters. The Morgan fingerprint density at radius 2 is 1.75 bits per heavy atom. The van der Waals surface area contributed by atoms with E-state index in [9.17, 15) is 4.79 Å². The van der Waals surface area contributed by atoms with Crippen LogP contribution < -0.4 is 5.32 Å². The fourth-order valence-electron chi connectivity index (χ4n) is 3.08. The number of nitrogens with zero attached hydrogens (tertiary/aromatic N) is 1. The van der Waals surface area contributed by atoms with Crippen LogP contribution in [0.2, 0.25) is 0 Å². The standard InChI is InChI=1S/C20H24N2OS/c1-15-7-3-5-9-17(15)19-11-12-22(13-14-24-19)20(23)21-18-10-6-4-8-16(18)2/h3-10,19H,11-14H2,1-2H3,(H,21,23). The Morgan fingerprint density at radius 1 is 1.04 bits per heavy atom. The summed E-state index contributed by atoms with van der Waals surface area (Å²) in [6.07, 6.45) is 0.997. The first-order chi connectivity index (χ1) is 11.6. The van der Waals surface area contributed by atoms with Crippen LogP contribution in [0.4, 0.5) is 10.5 Å². The molecule has 2 amide bonds. The van der Waals surface area contributed by atoms with Crippen LogP contribution in [0.5, 0.6) is 0 Å². The fraction of sp³-hybridized carbons (Fsp3) is 0.350. The summed E-state index contributed by atoms with van der Waals surface area (Å²) < 4.78 is 0. The summed E-state index contributed by atoms with van der Waals surface area (Å²) in [5.74, 6) is 0.972. The van der Waals surface area contributed by atoms with E-state index in [1.165, 1.54) is 11.1 Å². The predicted octanol–water partition coefficient (Wildman–Crippen LogP) is 5.02. The quantitative estimate of drug-likeness (QED) is 0.833. The second-order valence-electron chi connectivity index (χ2n) is 6.24. The molecule has 3 nitrogen and oxygen atoms in total. The van der Waals surface area contributed by atoms with Crippen LogP contribution >= 0.6 is 11.8 Å². The van der Waals surface area contributed by atoms with Crippen LogP contribution in [0.3, 0.4) is 0 Å². The molecule has 1 aliphatic heterocycles. The number of hydrogen-bond acceptors (Lipinski definition) is 2. The highest BCUT2D eigenvalue weighted by molar-refractivity contribution is 7.99. The maximum atomic E-state index is 12.6. The number of anilines is 1. The molecule has 24 heavy (non-hydrogen) atoms. The third-order valence-electron chi connectivity index (χ3n) is 4.55. The molecule has 1 aliphatic rings. The number of aryl methyl sites for hydroxylation is 2. The topological polar surface area (TPSA) is 32.3 Å². The van der Waals surface area contributed by atoms with Gasteiger partial charge in [-0.1, -0.05) is 42.5 Å². The maximum Gasteiger partial charge on any atom is 0.321 e. The molecule has 1 fully saturated rings. The van der Waals surface area contributed by atoms with Gasteiger partial charge in [0.15, 0.2) is 0 Å². The average Bonchev–Trinajstić information content (AvgIpc) is 2.83. The lowest BCUT2D eigenvalue weighted by atomic mass is 10.0. The van der Waals surface area contributed by atoms with Gasteiger partial charge in [0.05, 0.1) is 0 Å². The fourth-order valence-corrected chi connectivity index (χ4v) is 4.40. The van der Waals surface area contributed by atoms with Crippen molar-refractivity contribution in [2.75, 3.05) is 24.2 Å². The highest BCUT2D eigenvalue weighted by atomic mass is 32.2. The summed E-state index contributed by atoms with van der Waals surface area (Å²) in [5.41, 5.74) is 4.74. The second kappa shape index (κ2) is 7.75. The number of rotatable bonds is 2. The Hall–Kier alpha value is -1.94. The van der Waals surface area contributed by atoms with Gasteiger partial charge in [-0.15, -0.1) is 0 Å². The van der Waals surface area contributed by atoms with E-state index in [0.717, 1.165) is 36.5 Å². The minimum absolute atomic E-state index is 0.00957. The largest absolute Gasteiger partial charge is 0.324 e. The zero-order valence-electron chi connectivity index (χ0n) is 14.3. The lowest BCUT2D eigenvalue weighted by molar-refractivity contribution is 0.215. The van der Waals surface area contributed by atoms with Crippen molar-refractivity contribution in [2.24, 2.45) is 0 Å². The number of carbonyl (C=O) groups is 1. The molecule has 126 valence electrons. The van der Waals surface area contributed by atoms with E-state index in [1.807, 2.05) is 47.9 Å². The van der Waals surface area contributed by atoms with E-state index in [4.69, 9.17) is 0 Å². The van der Waals surface area contributed by atoms with Crippen LogP contribution in [0.1, 0.15) is 28.4 Å². The van der Waals surface area contributed by atoms with Gasteiger partial charge >= 0.3 is 6.03 Å². The van der Waals surface area contributed by atoms with Crippen LogP contribution in [-0.4, -0.2) is 29.8 Å². The normalized spacial score (nSPS) is 18.1. The number of para-hydroxylation sites is 1. The van der Waals surface area contributed by atoms with E-state index < -0.39 is 0 Å². The van der Waals surface area contributed by atoms with Gasteiger partial charge < -0.3 is 10.2 Å². The zero-order chi connectivity index (χ0) is 16.9. The third kappa shape index (κ3) is 3.93. The molecule has 4 heteroatoms. The van der Waals surface area contributed by atoms with Crippen molar-refractivity contribution in [1.82, 2.24) is 4.90 Å². The molecule has 0 bridgehead atoms. The summed E-state index contributed by atoms with van der Waals surface area (Å²) in [6.45, 7) is 5.78. The van der Waals surface area contributed by atoms with Crippen LogP contribution in [0.15, 0.2) is 48.5 Å². The van der Waals surface area contributed by atoms with Crippen LogP contribution in [-0.2, 0) is 0 Å². The first-order valence-corrected chi connectivity index (χ1v) is 9.48. The molecule has 2 aromatic rings. The third-order valence-corrected chi connectivity index (χ3v) is 5.86. The minimum atomic E-state index is 0.00957. The van der Waals surface area contributed by atoms with Gasteiger partial charge in [0.1, 0.15) is 0 Å². The first-order valence-electron chi connectivity index (χ1n) is 8.44. The molecule has 0 saturated carbocycles. The van der Waals surface area contributed by atoms with Crippen molar-refractivity contribution in [3.05, 3.63) is 65.2 Å². The Balaban J connectivity index is 1.64. The Bertz CT molecular complexity index is 716. The lowest BCUT2D eigenvalue weighted by Crippen LogP contribution is -2.36. The lowest BCUT2D eigenvalue weighted by Gasteiger charge is -2.21. The molecule has 0 radical (unpaired) electrons. The molecule has 1 heterocycles. The Labute approximate surface area is 148 Å². The molecule has 0 aliphatic carbocycles. The number of benzene rings is 2. The van der Waals surface area contributed by atoms with E-state index in [-0.39, 0.29) is 6.03 Å². The van der Waals surface area contributed by atoms with Crippen molar-refractivity contribution < 1.29 is 4.79 Å². The van der Waals surface area contributed by atoms with E-state index in [1.54, 1.807) is 0 Å². The van der Waals surface area contributed by atoms with Gasteiger partial charge in [0, 0.05) is 29.8 Å². The number of hydrogen-bond donors (Lipinski definition) is 1. The summed E-state index contributed by atoms with van der Waals surface area (Å²) in [6, 6.07) is 16.5. The van der Waals surface area contributed by atoms with Crippen molar-refractivity contribution >= 4 is 23.5 Å². The molecule has 0 aromatic heterocycles. The SMILES string of the molecule is Cc1ccccc1NC(=O)N1CCSC(c2ccccc2C)CC1. The monoisotopic (exact) mass is 340 g/mol. The van der Waals surface area contributed by atoms with Crippen molar-refractivity contribution in [2.45, 2.75) is 25.5 Å². The summed E-state index contributed by atoms with van der Waals surface area (Å²) >= 11 is 1.96. The Kier molecular flexibility index (Phi) is 5.46. The van der Waals surface area contributed by atoms with Crippen molar-refractivity contribution in [3.63, 3.8) is 0 Å². The molecular formula is C20H24N2OS. The zero-order valence-corrected chi connectivity index (χ0v) is 15.1. The maximum absolute atomic E-state index is 12.6. The number of urea groups is 1. The number of amides is 2. The van der Waals surface area contributed by atoms with Gasteiger partial charge in [-0.2, -0.15) is 11.8 Å². The molecule has 0 spiro atoms. The van der Waals surface area contributed by atoms with Crippen LogP contribution in [0.25, 0.3) is 0 Å². The highest BCUT2D eigenvalue weighted by Gasteiger charge is 2.23. The summed E-state index contributed by atoms with van der Waals surface area (Å²) in [4.78, 5) is 14.5. The summed E-state index contributed by atoms with van der Waals surface area (Å²) in [7, 11) is 0. The van der Waals surface area contributed by atoms with Crippen molar-refractivity contribution in [3.8, 4) is 0 Å². The van der Waals surface area contributed by atoms with Crippen LogP contribution in [0, 0.1) is 13.8 Å². The van der Waals surface area contributed by atoms with Gasteiger partial charge in [-0.25, -0.2) is 4.79 Å². The van der Waals surface area contributed by atoms with E-state index in [0.29, 0.717) is 5.25 Å². The predicted molar refractivity (Wildman–Crippen MR) is 103 cm³/mol. The van der Waals surface area contributed by atoms with Crippen molar-refractivity contribution in [1.29, 1.82) is 0 Å². The Morgan fingerprint density at radius 3 is 2.50 bits per heavy atom. The van der Waals surface area contributed by atoms with Gasteiger partial charge in [-0.05, 0) is 43.0 Å². The molecule has 3 rings (SSSR count). The number of carbonyl (C=O) groups excluding carboxylic acids is 1. The van der Waals surface area contributed by atoms with E-state index in [2.05, 4.69) is 36.5 Å². The number of thioether (sulfide) groups is 1. The molecule has 2 aromatic carbocycles. The van der Waals surface area contributed by atoms with Gasteiger partial charge in [-0.3, -0.25) is 0 Å². The minimum Gasteiger partial charge on any atom is -0.324 e. The molecule has 1 saturated heterocycles. The number of nitrogens with one attached hydrogen (secondary N) is 1. The average molecular weight is 340 g/mol. The van der Waals surface area contributed by atoms with E-state index >= 15 is 0 Å². The summed E-state index contributed by atoms with van der Waals surface area (Å²) in [5, 5.41) is 3.53.